The Labute approximate surface area is 189 Å². The molecular weight excluding hydrogens is 424 g/mol. The van der Waals surface area contributed by atoms with Crippen LogP contribution in [0.2, 0.25) is 5.02 Å². The van der Waals surface area contributed by atoms with Gasteiger partial charge in [-0.1, -0.05) is 29.9 Å². The maximum absolute atomic E-state index is 13.0. The first kappa shape index (κ1) is 24.6. The number of nitrogens with zero attached hydrogens (tertiary/aromatic N) is 2. The minimum Gasteiger partial charge on any atom is -1.00 e. The molecule has 2 aromatic heterocycles. The zero-order valence-corrected chi connectivity index (χ0v) is 18.9. The smallest absolute Gasteiger partial charge is 1.00 e. The van der Waals surface area contributed by atoms with Crippen molar-refractivity contribution in [2.45, 2.75) is 18.4 Å². The van der Waals surface area contributed by atoms with Crippen LogP contribution >= 0.6 is 11.6 Å². The number of aromatic amines is 1. The van der Waals surface area contributed by atoms with Gasteiger partial charge in [0, 0.05) is 30.0 Å². The monoisotopic (exact) mass is 439 g/mol. The number of nitrogens with one attached hydrogen (secondary N) is 2. The van der Waals surface area contributed by atoms with Gasteiger partial charge in [0.25, 0.3) is 0 Å². The molecule has 5 nitrogen and oxygen atoms in total. The van der Waals surface area contributed by atoms with E-state index in [1.807, 2.05) is 6.20 Å². The number of aromatic nitrogens is 3. The average molecular weight is 440 g/mol. The minimum absolute atomic E-state index is 0. The predicted octanol–water partition coefficient (Wildman–Crippen LogP) is 1.41. The fraction of sp³-hybridized carbons (Fsp3) is 0.176. The molecule has 0 spiro atoms. The van der Waals surface area contributed by atoms with E-state index in [1.165, 1.54) is 18.4 Å². The summed E-state index contributed by atoms with van der Waals surface area (Å²) in [6.45, 7) is 1.72. The van der Waals surface area contributed by atoms with Gasteiger partial charge in [-0.15, -0.1) is 0 Å². The van der Waals surface area contributed by atoms with Gasteiger partial charge in [0.05, 0.1) is 14.8 Å². The van der Waals surface area contributed by atoms with E-state index in [2.05, 4.69) is 15.0 Å². The summed E-state index contributed by atoms with van der Waals surface area (Å²) >= 11 is 5.71. The van der Waals surface area contributed by atoms with Gasteiger partial charge < -0.3 is 11.4 Å². The number of hydrogen-bond donors (Lipinski definition) is 2. The largest absolute Gasteiger partial charge is 1.00 e. The predicted molar refractivity (Wildman–Crippen MR) is 96.7 cm³/mol. The number of H-pyrrole nitrogens is 1. The van der Waals surface area contributed by atoms with Crippen molar-refractivity contribution >= 4 is 21.3 Å². The molecule has 11 heteroatoms. The summed E-state index contributed by atoms with van der Waals surface area (Å²) in [6, 6.07) is 5.15. The Bertz CT molecular complexity index is 1050. The van der Waals surface area contributed by atoms with Crippen molar-refractivity contribution in [3.63, 3.8) is 0 Å². The summed E-state index contributed by atoms with van der Waals surface area (Å²) in [4.78, 5) is 10.3. The zero-order chi connectivity index (χ0) is 20.2. The Balaban J connectivity index is 0.000000667. The van der Waals surface area contributed by atoms with Gasteiger partial charge in [-0.3, -0.25) is 0 Å². The van der Waals surface area contributed by atoms with Gasteiger partial charge in [-0.25, -0.2) is 27.1 Å². The molecule has 3 rings (SSSR count). The number of hydrogen-bond acceptors (Lipinski definition) is 4. The van der Waals surface area contributed by atoms with Crippen molar-refractivity contribution in [3.05, 3.63) is 76.2 Å². The van der Waals surface area contributed by atoms with Crippen molar-refractivity contribution in [2.24, 2.45) is 0 Å². The van der Waals surface area contributed by atoms with Crippen molar-refractivity contribution in [1.82, 2.24) is 15.0 Å². The number of benzene rings is 1. The van der Waals surface area contributed by atoms with Crippen molar-refractivity contribution in [3.8, 4) is 0 Å². The Morgan fingerprint density at radius 2 is 2.00 bits per heavy atom. The fourth-order valence-corrected chi connectivity index (χ4v) is 3.28. The molecule has 2 N–H and O–H groups in total. The SMILES string of the molecule is Cc1[nH]c(Cc2ccc(F)c(Cl)c2)nc1S(C)(=N)=O.Fc1[c-]ncc(F)c1.[H-].[Na+]. The van der Waals surface area contributed by atoms with E-state index < -0.39 is 27.2 Å². The maximum Gasteiger partial charge on any atom is 1.00 e. The molecule has 3 aromatic rings. The first-order valence-electron chi connectivity index (χ1n) is 7.48. The van der Waals surface area contributed by atoms with Gasteiger partial charge >= 0.3 is 29.6 Å². The Morgan fingerprint density at radius 3 is 2.46 bits per heavy atom. The van der Waals surface area contributed by atoms with Crippen molar-refractivity contribution in [2.75, 3.05) is 6.26 Å². The Kier molecular flexibility index (Phi) is 9.16. The number of pyridine rings is 1. The summed E-state index contributed by atoms with van der Waals surface area (Å²) in [5, 5.41) is 0.316. The van der Waals surface area contributed by atoms with Crippen LogP contribution in [-0.4, -0.2) is 25.4 Å². The molecule has 0 saturated carbocycles. The molecule has 28 heavy (non-hydrogen) atoms. The summed E-state index contributed by atoms with van der Waals surface area (Å²) in [6.07, 6.45) is 4.55. The van der Waals surface area contributed by atoms with Gasteiger partial charge in [-0.2, -0.15) is 0 Å². The van der Waals surface area contributed by atoms with Gasteiger partial charge in [-0.05, 0) is 30.8 Å². The van der Waals surface area contributed by atoms with Crippen LogP contribution in [0, 0.1) is 35.4 Å². The zero-order valence-electron chi connectivity index (χ0n) is 16.3. The van der Waals surface area contributed by atoms with Gasteiger partial charge in [0.15, 0.2) is 5.03 Å². The van der Waals surface area contributed by atoms with Gasteiger partial charge in [0.1, 0.15) is 11.6 Å². The molecule has 2 heterocycles. The molecule has 0 fully saturated rings. The van der Waals surface area contributed by atoms with Crippen LogP contribution in [0.15, 0.2) is 35.5 Å². The second kappa shape index (κ2) is 10.4. The molecular formula is C17H16ClF3N4NaOS-. The topological polar surface area (TPSA) is 82.5 Å². The first-order valence-corrected chi connectivity index (χ1v) is 9.82. The van der Waals surface area contributed by atoms with Crippen LogP contribution in [0.5, 0.6) is 0 Å². The molecule has 1 unspecified atom stereocenters. The van der Waals surface area contributed by atoms with Crippen LogP contribution in [-0.2, 0) is 16.1 Å². The summed E-state index contributed by atoms with van der Waals surface area (Å²) in [5.74, 6) is -1.34. The summed E-state index contributed by atoms with van der Waals surface area (Å²) < 4.78 is 55.9. The summed E-state index contributed by atoms with van der Waals surface area (Å²) in [5.41, 5.74) is 1.41. The third-order valence-electron chi connectivity index (χ3n) is 3.24. The standard InChI is InChI=1S/C12H13ClFN3OS.C5H2F2N.Na.H/c1-7-12(19(2,15)18)17-11(16-7)6-8-3-4-10(14)9(13)5-8;6-4-1-5(7)3-8-2-4;;/h3-5,15H,6H2,1-2H3,(H,16,17);1-2H;;/q;-1;+1;-1. The van der Waals surface area contributed by atoms with E-state index in [4.69, 9.17) is 16.4 Å². The fourth-order valence-electron chi connectivity index (χ4n) is 2.16. The number of imidazole rings is 1. The van der Waals surface area contributed by atoms with E-state index in [-0.39, 0.29) is 41.0 Å². The third-order valence-corrected chi connectivity index (χ3v) is 4.66. The molecule has 0 bridgehead atoms. The van der Waals surface area contributed by atoms with Crippen LogP contribution in [0.1, 0.15) is 18.5 Å². The minimum atomic E-state index is -2.85. The number of rotatable bonds is 3. The van der Waals surface area contributed by atoms with Crippen LogP contribution in [0.25, 0.3) is 0 Å². The molecule has 146 valence electrons. The molecule has 0 aliphatic carbocycles. The third kappa shape index (κ3) is 7.21. The molecule has 0 amide bonds. The number of aryl methyl sites for hydroxylation is 1. The molecule has 0 aliphatic heterocycles. The van der Waals surface area contributed by atoms with Crippen LogP contribution in [0.3, 0.4) is 0 Å². The number of halogens is 4. The molecule has 0 aliphatic rings. The second-order valence-corrected chi connectivity index (χ2v) is 8.11. The normalized spacial score (nSPS) is 12.4. The van der Waals surface area contributed by atoms with E-state index in [1.54, 1.807) is 13.0 Å². The van der Waals surface area contributed by atoms with E-state index in [0.29, 0.717) is 24.0 Å². The van der Waals surface area contributed by atoms with E-state index >= 15 is 0 Å². The Morgan fingerprint density at radius 1 is 1.32 bits per heavy atom. The second-order valence-electron chi connectivity index (χ2n) is 5.63. The quantitative estimate of drug-likeness (QED) is 0.478. The van der Waals surface area contributed by atoms with Gasteiger partial charge in [0.2, 0.25) is 0 Å². The van der Waals surface area contributed by atoms with Crippen LogP contribution < -0.4 is 29.6 Å². The maximum atomic E-state index is 13.0. The molecule has 0 saturated heterocycles. The molecule has 1 aromatic carbocycles. The summed E-state index contributed by atoms with van der Waals surface area (Å²) in [7, 11) is -2.85. The van der Waals surface area contributed by atoms with E-state index in [9.17, 15) is 17.4 Å². The van der Waals surface area contributed by atoms with E-state index in [0.717, 1.165) is 11.8 Å². The first-order chi connectivity index (χ1) is 12.6. The van der Waals surface area contributed by atoms with Crippen molar-refractivity contribution in [1.29, 1.82) is 4.78 Å². The Hall–Kier alpha value is -1.39. The van der Waals surface area contributed by atoms with Crippen molar-refractivity contribution < 1.29 is 48.4 Å². The average Bonchev–Trinajstić information content (AvgIpc) is 2.92. The molecule has 1 atom stereocenters. The molecule has 0 radical (unpaired) electrons. The van der Waals surface area contributed by atoms with Crippen LogP contribution in [0.4, 0.5) is 13.2 Å².